The molecule has 0 heterocycles. The Labute approximate surface area is 35.4 Å². The van der Waals surface area contributed by atoms with Gasteiger partial charge in [-0.05, 0) is 0 Å². The van der Waals surface area contributed by atoms with Crippen LogP contribution >= 0.6 is 0 Å². The van der Waals surface area contributed by atoms with Crippen molar-refractivity contribution >= 4 is 10.2 Å². The van der Waals surface area contributed by atoms with Crippen LogP contribution in [-0.4, -0.2) is 15.5 Å². The summed E-state index contributed by atoms with van der Waals surface area (Å²) in [7, 11) is 2.86. The van der Waals surface area contributed by atoms with Crippen molar-refractivity contribution < 1.29 is 5.11 Å². The third-order valence-electron chi connectivity index (χ3n) is 0. The molecule has 3 radical (unpaired) electrons. The van der Waals surface area contributed by atoms with Gasteiger partial charge in [-0.25, -0.2) is 0 Å². The standard InChI is InChI=1S/C3H6OSi/c1-3(2,4)5/h1-2H3/q-1. The van der Waals surface area contributed by atoms with Crippen molar-refractivity contribution in [3.63, 3.8) is 0 Å². The van der Waals surface area contributed by atoms with Crippen LogP contribution in [0, 0.1) is 0 Å². The lowest BCUT2D eigenvalue weighted by Gasteiger charge is -2.23. The minimum absolute atomic E-state index is 0.944. The van der Waals surface area contributed by atoms with Crippen LogP contribution < -0.4 is 5.11 Å². The van der Waals surface area contributed by atoms with Gasteiger partial charge in [0.15, 0.2) is 0 Å². The van der Waals surface area contributed by atoms with E-state index in [1.165, 1.54) is 0 Å². The summed E-state index contributed by atoms with van der Waals surface area (Å²) in [6, 6.07) is 0. The molecule has 0 unspecified atom stereocenters. The summed E-state index contributed by atoms with van der Waals surface area (Å²) in [6.45, 7) is 3.09. The van der Waals surface area contributed by atoms with Crippen LogP contribution in [0.2, 0.25) is 0 Å². The normalized spacial score (nSPS) is 12.0. The van der Waals surface area contributed by atoms with E-state index in [1.54, 1.807) is 13.8 Å². The molecule has 0 amide bonds. The molecule has 0 saturated heterocycles. The third kappa shape index (κ3) is 633. The fourth-order valence-corrected chi connectivity index (χ4v) is 0. The zero-order valence-electron chi connectivity index (χ0n) is 3.41. The number of rotatable bonds is 0. The average Bonchev–Trinajstić information content (AvgIpc) is 0.722. The van der Waals surface area contributed by atoms with Crippen molar-refractivity contribution in [1.82, 2.24) is 0 Å². The van der Waals surface area contributed by atoms with Crippen molar-refractivity contribution in [3.8, 4) is 0 Å². The Balaban J connectivity index is 3.02. The first kappa shape index (κ1) is 5.18. The summed E-state index contributed by atoms with van der Waals surface area (Å²) in [4.78, 5) is 0. The Morgan fingerprint density at radius 2 is 1.60 bits per heavy atom. The summed E-state index contributed by atoms with van der Waals surface area (Å²) >= 11 is 0. The van der Waals surface area contributed by atoms with Crippen LogP contribution in [0.5, 0.6) is 0 Å². The van der Waals surface area contributed by atoms with Crippen LogP contribution in [0.4, 0.5) is 0 Å². The monoisotopic (exact) mass is 86.0 g/mol. The third-order valence-corrected chi connectivity index (χ3v) is 0. The van der Waals surface area contributed by atoms with Gasteiger partial charge >= 0.3 is 0 Å². The molecular weight excluding hydrogens is 80.1 g/mol. The van der Waals surface area contributed by atoms with Crippen molar-refractivity contribution in [1.29, 1.82) is 0 Å². The lowest BCUT2D eigenvalue weighted by molar-refractivity contribution is -0.431. The van der Waals surface area contributed by atoms with Gasteiger partial charge in [-0.3, -0.25) is 0 Å². The van der Waals surface area contributed by atoms with Gasteiger partial charge in [0.05, 0.1) is 0 Å². The second-order valence-corrected chi connectivity index (χ2v) is 2.71. The summed E-state index contributed by atoms with van der Waals surface area (Å²) in [5, 5.41) is 9.07. The molecule has 0 aliphatic carbocycles. The summed E-state index contributed by atoms with van der Waals surface area (Å²) in [5.41, 5.74) is 0. The van der Waals surface area contributed by atoms with Crippen LogP contribution in [0.3, 0.4) is 0 Å². The second-order valence-electron chi connectivity index (χ2n) is 1.51. The quantitative estimate of drug-likeness (QED) is 0.356. The van der Waals surface area contributed by atoms with Crippen molar-refractivity contribution in [3.05, 3.63) is 0 Å². The fraction of sp³-hybridized carbons (Fsp3) is 1.00. The van der Waals surface area contributed by atoms with Gasteiger partial charge in [-0.15, -0.1) is 5.22 Å². The van der Waals surface area contributed by atoms with Gasteiger partial charge in [0.1, 0.15) is 0 Å². The van der Waals surface area contributed by atoms with Crippen LogP contribution in [-0.2, 0) is 0 Å². The minimum atomic E-state index is -0.944. The summed E-state index contributed by atoms with van der Waals surface area (Å²) in [6.07, 6.45) is 0. The maximum Gasteiger partial charge on any atom is 0.00924 e. The summed E-state index contributed by atoms with van der Waals surface area (Å²) < 4.78 is 0. The molecule has 0 aliphatic rings. The minimum Gasteiger partial charge on any atom is -0.852 e. The predicted molar refractivity (Wildman–Crippen MR) is 19.8 cm³/mol. The van der Waals surface area contributed by atoms with E-state index in [-0.39, 0.29) is 0 Å². The molecule has 0 fully saturated rings. The smallest absolute Gasteiger partial charge is 0.00924 e. The van der Waals surface area contributed by atoms with Gasteiger partial charge in [0, 0.05) is 10.2 Å². The molecule has 29 valence electrons. The first-order valence-electron chi connectivity index (χ1n) is 1.45. The average molecular weight is 86.2 g/mol. The highest BCUT2D eigenvalue weighted by atomic mass is 28.1. The van der Waals surface area contributed by atoms with Crippen molar-refractivity contribution in [2.45, 2.75) is 19.1 Å². The topological polar surface area (TPSA) is 23.1 Å². The predicted octanol–water partition coefficient (Wildman–Crippen LogP) is -0.749. The van der Waals surface area contributed by atoms with Crippen LogP contribution in [0.25, 0.3) is 0 Å². The zero-order valence-corrected chi connectivity index (χ0v) is 4.41. The van der Waals surface area contributed by atoms with E-state index in [0.29, 0.717) is 0 Å². The van der Waals surface area contributed by atoms with E-state index in [2.05, 4.69) is 10.2 Å². The Bertz CT molecular complexity index is 22.4. The van der Waals surface area contributed by atoms with E-state index < -0.39 is 5.22 Å². The van der Waals surface area contributed by atoms with Crippen LogP contribution in [0.15, 0.2) is 0 Å². The SMILES string of the molecule is CC(C)([O-])[Si]. The molecule has 0 aromatic heterocycles. The highest BCUT2D eigenvalue weighted by molar-refractivity contribution is 6.13. The molecule has 1 nitrogen and oxygen atoms in total. The molecule has 0 aromatic rings. The first-order chi connectivity index (χ1) is 2.00. The van der Waals surface area contributed by atoms with E-state index in [9.17, 15) is 5.11 Å². The molecule has 0 spiro atoms. The molecule has 5 heavy (non-hydrogen) atoms. The van der Waals surface area contributed by atoms with E-state index in [4.69, 9.17) is 0 Å². The maximum absolute atomic E-state index is 10.0. The largest absolute Gasteiger partial charge is 0.852 e. The van der Waals surface area contributed by atoms with Gasteiger partial charge < -0.3 is 5.11 Å². The van der Waals surface area contributed by atoms with E-state index >= 15 is 0 Å². The van der Waals surface area contributed by atoms with E-state index in [1.807, 2.05) is 0 Å². The molecule has 2 heteroatoms. The first-order valence-corrected chi connectivity index (χ1v) is 1.95. The lowest BCUT2D eigenvalue weighted by atomic mass is 10.5. The molecule has 0 aromatic carbocycles. The molecule has 0 aliphatic heterocycles. The highest BCUT2D eigenvalue weighted by Crippen LogP contribution is 1.80. The van der Waals surface area contributed by atoms with Gasteiger partial charge in [-0.1, -0.05) is 13.8 Å². The Morgan fingerprint density at radius 3 is 1.60 bits per heavy atom. The second kappa shape index (κ2) is 1.10. The zero-order chi connectivity index (χ0) is 4.50. The molecule has 0 saturated carbocycles. The molecule has 0 N–H and O–H groups in total. The van der Waals surface area contributed by atoms with Gasteiger partial charge in [0.2, 0.25) is 0 Å². The van der Waals surface area contributed by atoms with Gasteiger partial charge in [-0.2, -0.15) is 0 Å². The lowest BCUT2D eigenvalue weighted by Crippen LogP contribution is -2.36. The van der Waals surface area contributed by atoms with E-state index in [0.717, 1.165) is 0 Å². The van der Waals surface area contributed by atoms with Gasteiger partial charge in [0.25, 0.3) is 0 Å². The summed E-state index contributed by atoms with van der Waals surface area (Å²) in [5.74, 6) is 0. The Morgan fingerprint density at radius 1 is 1.60 bits per heavy atom. The molecule has 0 bridgehead atoms. The Hall–Kier alpha value is 0.177. The van der Waals surface area contributed by atoms with Crippen molar-refractivity contribution in [2.75, 3.05) is 0 Å². The highest BCUT2D eigenvalue weighted by Gasteiger charge is 1.84. The maximum atomic E-state index is 10.0. The fourth-order valence-electron chi connectivity index (χ4n) is 0. The van der Waals surface area contributed by atoms with Crippen LogP contribution in [0.1, 0.15) is 13.8 Å². The number of hydrogen-bond acceptors (Lipinski definition) is 1. The van der Waals surface area contributed by atoms with Crippen molar-refractivity contribution in [2.24, 2.45) is 0 Å². The Kier molecular flexibility index (Phi) is 1.14. The number of hydrogen-bond donors (Lipinski definition) is 0. The molecule has 0 atom stereocenters. The molecular formula is C3H6OSi-. The molecule has 0 rings (SSSR count).